The number of piperidine rings is 1. The van der Waals surface area contributed by atoms with Crippen molar-refractivity contribution in [2.45, 2.75) is 25.3 Å². The molecule has 0 atom stereocenters. The Kier molecular flexibility index (Phi) is 6.67. The van der Waals surface area contributed by atoms with Gasteiger partial charge < -0.3 is 15.8 Å². The highest BCUT2D eigenvalue weighted by atomic mass is 35.5. The molecule has 0 unspecified atom stereocenters. The lowest BCUT2D eigenvalue weighted by Crippen LogP contribution is -2.46. The van der Waals surface area contributed by atoms with Crippen LogP contribution in [0.15, 0.2) is 24.3 Å². The zero-order valence-corrected chi connectivity index (χ0v) is 13.7. The lowest BCUT2D eigenvalue weighted by atomic mass is 10.0. The number of primary amides is 1. The lowest BCUT2D eigenvalue weighted by molar-refractivity contribution is -0.123. The van der Waals surface area contributed by atoms with Crippen LogP contribution >= 0.6 is 11.6 Å². The van der Waals surface area contributed by atoms with E-state index in [4.69, 9.17) is 22.1 Å². The summed E-state index contributed by atoms with van der Waals surface area (Å²) in [7, 11) is 0. The van der Waals surface area contributed by atoms with E-state index in [1.807, 2.05) is 4.90 Å². The van der Waals surface area contributed by atoms with Gasteiger partial charge in [0.2, 0.25) is 11.8 Å². The quantitative estimate of drug-likeness (QED) is 0.781. The van der Waals surface area contributed by atoms with E-state index in [1.54, 1.807) is 24.3 Å². The summed E-state index contributed by atoms with van der Waals surface area (Å²) >= 11 is 5.87. The van der Waals surface area contributed by atoms with Crippen LogP contribution in [0.5, 0.6) is 5.75 Å². The number of carbonyl (C=O) groups is 2. The largest absolute Gasteiger partial charge is 0.493 e. The highest BCUT2D eigenvalue weighted by molar-refractivity contribution is 6.30. The molecule has 6 nitrogen and oxygen atoms in total. The topological polar surface area (TPSA) is 84.7 Å². The third kappa shape index (κ3) is 6.46. The molecular formula is C16H22ClN3O3. The fourth-order valence-electron chi connectivity index (χ4n) is 2.57. The van der Waals surface area contributed by atoms with Gasteiger partial charge in [0.1, 0.15) is 5.75 Å². The number of hydrogen-bond donors (Lipinski definition) is 2. The van der Waals surface area contributed by atoms with Crippen molar-refractivity contribution in [3.8, 4) is 5.75 Å². The number of nitrogens with zero attached hydrogens (tertiary/aromatic N) is 1. The maximum atomic E-state index is 11.9. The van der Waals surface area contributed by atoms with Crippen molar-refractivity contribution in [3.63, 3.8) is 0 Å². The van der Waals surface area contributed by atoms with Crippen LogP contribution in [0.2, 0.25) is 5.02 Å². The first kappa shape index (κ1) is 17.6. The van der Waals surface area contributed by atoms with Crippen LogP contribution in [-0.2, 0) is 9.59 Å². The number of carbonyl (C=O) groups excluding carboxylic acids is 2. The predicted octanol–water partition coefficient (Wildman–Crippen LogP) is 1.17. The Labute approximate surface area is 140 Å². The summed E-state index contributed by atoms with van der Waals surface area (Å²) in [4.78, 5) is 24.8. The van der Waals surface area contributed by atoms with Crippen molar-refractivity contribution in [1.82, 2.24) is 10.2 Å². The standard InChI is InChI=1S/C16H22ClN3O3/c17-12-2-1-3-14(10-12)23-9-6-16(22)19-13-4-7-20(8-5-13)11-15(18)21/h1-3,10,13H,4-9,11H2,(H2,18,21)(H,19,22). The molecule has 0 aromatic heterocycles. The van der Waals surface area contributed by atoms with E-state index in [0.717, 1.165) is 25.9 Å². The molecule has 2 rings (SSSR count). The number of benzene rings is 1. The molecule has 1 aliphatic heterocycles. The summed E-state index contributed by atoms with van der Waals surface area (Å²) in [6.07, 6.45) is 1.95. The number of likely N-dealkylation sites (tertiary alicyclic amines) is 1. The lowest BCUT2D eigenvalue weighted by Gasteiger charge is -2.31. The highest BCUT2D eigenvalue weighted by Crippen LogP contribution is 2.17. The van der Waals surface area contributed by atoms with Crippen LogP contribution < -0.4 is 15.8 Å². The summed E-state index contributed by atoms with van der Waals surface area (Å²) in [6.45, 7) is 2.14. The van der Waals surface area contributed by atoms with Gasteiger partial charge in [-0.2, -0.15) is 0 Å². The molecule has 0 radical (unpaired) electrons. The molecule has 0 saturated carbocycles. The maximum absolute atomic E-state index is 11.9. The Morgan fingerprint density at radius 1 is 1.35 bits per heavy atom. The smallest absolute Gasteiger partial charge is 0.231 e. The van der Waals surface area contributed by atoms with E-state index < -0.39 is 0 Å². The van der Waals surface area contributed by atoms with E-state index in [9.17, 15) is 9.59 Å². The second-order valence-corrected chi connectivity index (χ2v) is 6.08. The number of nitrogens with one attached hydrogen (secondary N) is 1. The van der Waals surface area contributed by atoms with E-state index in [-0.39, 0.29) is 24.4 Å². The van der Waals surface area contributed by atoms with Gasteiger partial charge in [-0.15, -0.1) is 0 Å². The molecular weight excluding hydrogens is 318 g/mol. The van der Waals surface area contributed by atoms with Crippen molar-refractivity contribution in [3.05, 3.63) is 29.3 Å². The number of halogens is 1. The summed E-state index contributed by atoms with van der Waals surface area (Å²) in [6, 6.07) is 7.24. The summed E-state index contributed by atoms with van der Waals surface area (Å²) in [5, 5.41) is 3.61. The molecule has 2 amide bonds. The minimum absolute atomic E-state index is 0.0274. The van der Waals surface area contributed by atoms with E-state index in [1.165, 1.54) is 0 Å². The van der Waals surface area contributed by atoms with E-state index >= 15 is 0 Å². The number of ether oxygens (including phenoxy) is 1. The number of nitrogens with two attached hydrogens (primary N) is 1. The summed E-state index contributed by atoms with van der Waals surface area (Å²) in [5.41, 5.74) is 5.18. The Hall–Kier alpha value is -1.79. The Balaban J connectivity index is 1.63. The van der Waals surface area contributed by atoms with Crippen LogP contribution in [0.3, 0.4) is 0 Å². The second kappa shape index (κ2) is 8.74. The Morgan fingerprint density at radius 2 is 2.09 bits per heavy atom. The first-order chi connectivity index (χ1) is 11.0. The first-order valence-corrected chi connectivity index (χ1v) is 8.09. The minimum Gasteiger partial charge on any atom is -0.493 e. The number of amides is 2. The predicted molar refractivity (Wildman–Crippen MR) is 88.4 cm³/mol. The van der Waals surface area contributed by atoms with E-state index in [2.05, 4.69) is 5.32 Å². The first-order valence-electron chi connectivity index (χ1n) is 7.71. The van der Waals surface area contributed by atoms with Crippen molar-refractivity contribution in [1.29, 1.82) is 0 Å². The van der Waals surface area contributed by atoms with Gasteiger partial charge in [-0.1, -0.05) is 17.7 Å². The van der Waals surface area contributed by atoms with Crippen LogP contribution in [0.25, 0.3) is 0 Å². The van der Waals surface area contributed by atoms with Crippen LogP contribution in [0.4, 0.5) is 0 Å². The van der Waals surface area contributed by atoms with Gasteiger partial charge in [-0.25, -0.2) is 0 Å². The van der Waals surface area contributed by atoms with Crippen molar-refractivity contribution >= 4 is 23.4 Å². The van der Waals surface area contributed by atoms with Crippen LogP contribution in [-0.4, -0.2) is 49.0 Å². The molecule has 23 heavy (non-hydrogen) atoms. The van der Waals surface area contributed by atoms with Gasteiger partial charge in [0.05, 0.1) is 19.6 Å². The molecule has 3 N–H and O–H groups in total. The molecule has 1 saturated heterocycles. The molecule has 1 aromatic rings. The summed E-state index contributed by atoms with van der Waals surface area (Å²) in [5.74, 6) is 0.316. The fraction of sp³-hybridized carbons (Fsp3) is 0.500. The van der Waals surface area contributed by atoms with Gasteiger partial charge in [0.25, 0.3) is 0 Å². The number of hydrogen-bond acceptors (Lipinski definition) is 4. The van der Waals surface area contributed by atoms with Crippen LogP contribution in [0, 0.1) is 0 Å². The SMILES string of the molecule is NC(=O)CN1CCC(NC(=O)CCOc2cccc(Cl)c2)CC1. The molecule has 1 aliphatic rings. The molecule has 1 aromatic carbocycles. The summed E-state index contributed by atoms with van der Waals surface area (Å²) < 4.78 is 5.50. The molecule has 0 bridgehead atoms. The Bertz CT molecular complexity index is 545. The van der Waals surface area contributed by atoms with Gasteiger partial charge in [-0.3, -0.25) is 14.5 Å². The van der Waals surface area contributed by atoms with Gasteiger partial charge in [0, 0.05) is 24.2 Å². The van der Waals surface area contributed by atoms with Gasteiger partial charge in [0.15, 0.2) is 0 Å². The average Bonchev–Trinajstić information content (AvgIpc) is 2.49. The van der Waals surface area contributed by atoms with Crippen molar-refractivity contribution in [2.75, 3.05) is 26.2 Å². The minimum atomic E-state index is -0.314. The molecule has 1 heterocycles. The third-order valence-electron chi connectivity index (χ3n) is 3.73. The molecule has 1 fully saturated rings. The van der Waals surface area contributed by atoms with E-state index in [0.29, 0.717) is 23.8 Å². The average molecular weight is 340 g/mol. The number of rotatable bonds is 7. The Morgan fingerprint density at radius 3 is 2.74 bits per heavy atom. The monoisotopic (exact) mass is 339 g/mol. The molecule has 7 heteroatoms. The van der Waals surface area contributed by atoms with Crippen molar-refractivity contribution < 1.29 is 14.3 Å². The zero-order chi connectivity index (χ0) is 16.7. The fourth-order valence-corrected chi connectivity index (χ4v) is 2.75. The van der Waals surface area contributed by atoms with Crippen molar-refractivity contribution in [2.24, 2.45) is 5.73 Å². The maximum Gasteiger partial charge on any atom is 0.231 e. The van der Waals surface area contributed by atoms with Crippen LogP contribution in [0.1, 0.15) is 19.3 Å². The highest BCUT2D eigenvalue weighted by Gasteiger charge is 2.21. The van der Waals surface area contributed by atoms with Gasteiger partial charge in [-0.05, 0) is 31.0 Å². The molecule has 126 valence electrons. The normalized spacial score (nSPS) is 16.0. The third-order valence-corrected chi connectivity index (χ3v) is 3.96. The molecule has 0 spiro atoms. The zero-order valence-electron chi connectivity index (χ0n) is 13.0. The molecule has 0 aliphatic carbocycles. The van der Waals surface area contributed by atoms with Gasteiger partial charge >= 0.3 is 0 Å². The second-order valence-electron chi connectivity index (χ2n) is 5.64.